The number of piperidine rings is 1. The fourth-order valence-electron chi connectivity index (χ4n) is 2.72. The third-order valence-electron chi connectivity index (χ3n) is 4.03. The average molecular weight is 318 g/mol. The van der Waals surface area contributed by atoms with E-state index in [1.807, 2.05) is 30.3 Å². The van der Waals surface area contributed by atoms with Crippen LogP contribution in [0.2, 0.25) is 0 Å². The highest BCUT2D eigenvalue weighted by Crippen LogP contribution is 2.18. The fourth-order valence-corrected chi connectivity index (χ4v) is 2.72. The second-order valence-electron chi connectivity index (χ2n) is 5.87. The lowest BCUT2D eigenvalue weighted by atomic mass is 9.97. The maximum atomic E-state index is 12.3. The molecule has 6 nitrogen and oxygen atoms in total. The van der Waals surface area contributed by atoms with Gasteiger partial charge >= 0.3 is 6.03 Å². The van der Waals surface area contributed by atoms with Gasteiger partial charge in [0.15, 0.2) is 0 Å². The Labute approximate surface area is 137 Å². The van der Waals surface area contributed by atoms with E-state index in [9.17, 15) is 9.59 Å². The first kappa shape index (κ1) is 17.3. The number of urea groups is 1. The minimum absolute atomic E-state index is 0.0410. The van der Waals surface area contributed by atoms with Crippen molar-refractivity contribution < 1.29 is 9.59 Å². The van der Waals surface area contributed by atoms with Gasteiger partial charge in [0.1, 0.15) is 0 Å². The van der Waals surface area contributed by atoms with Crippen LogP contribution in [0, 0.1) is 5.92 Å². The van der Waals surface area contributed by atoms with Gasteiger partial charge in [0.2, 0.25) is 5.91 Å². The minimum atomic E-state index is -0.142. The molecular formula is C17H26N4O2. The van der Waals surface area contributed by atoms with Gasteiger partial charge in [-0.25, -0.2) is 4.79 Å². The van der Waals surface area contributed by atoms with Crippen molar-refractivity contribution in [1.82, 2.24) is 10.2 Å². The van der Waals surface area contributed by atoms with Crippen LogP contribution in [0.5, 0.6) is 0 Å². The number of nitrogens with zero attached hydrogens (tertiary/aromatic N) is 1. The number of anilines is 1. The van der Waals surface area contributed by atoms with Crippen LogP contribution in [0.4, 0.5) is 10.5 Å². The van der Waals surface area contributed by atoms with Crippen molar-refractivity contribution in [3.05, 3.63) is 30.3 Å². The maximum absolute atomic E-state index is 12.3. The van der Waals surface area contributed by atoms with Crippen LogP contribution in [-0.4, -0.2) is 43.0 Å². The third kappa shape index (κ3) is 5.56. The normalized spacial score (nSPS) is 17.6. The van der Waals surface area contributed by atoms with E-state index >= 15 is 0 Å². The molecule has 0 radical (unpaired) electrons. The molecule has 0 bridgehead atoms. The standard InChI is InChI=1S/C17H26N4O2/c18-10-4-5-11-19-16(22)14-7-6-12-21(13-14)17(23)20-15-8-2-1-3-9-15/h1-3,8-9,14H,4-7,10-13,18H2,(H,19,22)(H,20,23). The third-order valence-corrected chi connectivity index (χ3v) is 4.03. The number of benzene rings is 1. The van der Waals surface area contributed by atoms with Crippen LogP contribution >= 0.6 is 0 Å². The molecule has 1 heterocycles. The number of hydrogen-bond acceptors (Lipinski definition) is 3. The summed E-state index contributed by atoms with van der Waals surface area (Å²) in [5.41, 5.74) is 6.21. The molecule has 3 amide bonds. The molecule has 2 rings (SSSR count). The van der Waals surface area contributed by atoms with Gasteiger partial charge in [0, 0.05) is 25.3 Å². The highest BCUT2D eigenvalue weighted by Gasteiger charge is 2.28. The van der Waals surface area contributed by atoms with Gasteiger partial charge in [-0.2, -0.15) is 0 Å². The van der Waals surface area contributed by atoms with Crippen molar-refractivity contribution in [1.29, 1.82) is 0 Å². The van der Waals surface area contributed by atoms with Crippen molar-refractivity contribution in [2.24, 2.45) is 11.7 Å². The summed E-state index contributed by atoms with van der Waals surface area (Å²) in [6.07, 6.45) is 3.49. The first-order valence-corrected chi connectivity index (χ1v) is 8.29. The zero-order valence-electron chi connectivity index (χ0n) is 13.5. The molecule has 1 aliphatic heterocycles. The number of amides is 3. The summed E-state index contributed by atoms with van der Waals surface area (Å²) in [6, 6.07) is 9.22. The number of hydrogen-bond donors (Lipinski definition) is 3. The Balaban J connectivity index is 1.80. The number of para-hydroxylation sites is 1. The van der Waals surface area contributed by atoms with Crippen LogP contribution in [0.3, 0.4) is 0 Å². The molecule has 1 atom stereocenters. The summed E-state index contributed by atoms with van der Waals surface area (Å²) >= 11 is 0. The van der Waals surface area contributed by atoms with Gasteiger partial charge in [-0.3, -0.25) is 4.79 Å². The van der Waals surface area contributed by atoms with Gasteiger partial charge in [0.05, 0.1) is 5.92 Å². The van der Waals surface area contributed by atoms with Gasteiger partial charge in [-0.05, 0) is 44.4 Å². The molecule has 1 fully saturated rings. The smallest absolute Gasteiger partial charge is 0.321 e. The minimum Gasteiger partial charge on any atom is -0.356 e. The van der Waals surface area contributed by atoms with Crippen LogP contribution < -0.4 is 16.4 Å². The van der Waals surface area contributed by atoms with E-state index in [0.29, 0.717) is 26.2 Å². The van der Waals surface area contributed by atoms with E-state index in [1.165, 1.54) is 0 Å². The lowest BCUT2D eigenvalue weighted by Crippen LogP contribution is -2.47. The summed E-state index contributed by atoms with van der Waals surface area (Å²) < 4.78 is 0. The Morgan fingerprint density at radius 1 is 1.22 bits per heavy atom. The van der Waals surface area contributed by atoms with Gasteiger partial charge in [0.25, 0.3) is 0 Å². The highest BCUT2D eigenvalue weighted by atomic mass is 16.2. The van der Waals surface area contributed by atoms with Gasteiger partial charge in [-0.1, -0.05) is 18.2 Å². The molecule has 4 N–H and O–H groups in total. The maximum Gasteiger partial charge on any atom is 0.321 e. The molecule has 6 heteroatoms. The topological polar surface area (TPSA) is 87.5 Å². The van der Waals surface area contributed by atoms with Crippen molar-refractivity contribution in [3.8, 4) is 0 Å². The Morgan fingerprint density at radius 3 is 2.74 bits per heavy atom. The van der Waals surface area contributed by atoms with Crippen LogP contribution in [0.15, 0.2) is 30.3 Å². The molecular weight excluding hydrogens is 292 g/mol. The van der Waals surface area contributed by atoms with E-state index in [0.717, 1.165) is 31.4 Å². The van der Waals surface area contributed by atoms with Gasteiger partial charge in [-0.15, -0.1) is 0 Å². The van der Waals surface area contributed by atoms with Crippen molar-refractivity contribution in [2.45, 2.75) is 25.7 Å². The van der Waals surface area contributed by atoms with Crippen molar-refractivity contribution in [3.63, 3.8) is 0 Å². The molecule has 1 aromatic carbocycles. The Morgan fingerprint density at radius 2 is 2.00 bits per heavy atom. The number of unbranched alkanes of at least 4 members (excludes halogenated alkanes) is 1. The second kappa shape index (κ2) is 9.15. The van der Waals surface area contributed by atoms with Crippen molar-refractivity contribution in [2.75, 3.05) is 31.5 Å². The predicted octanol–water partition coefficient (Wildman–Crippen LogP) is 1.79. The Bertz CT molecular complexity index is 507. The number of nitrogens with two attached hydrogens (primary N) is 1. The van der Waals surface area contributed by atoms with E-state index in [4.69, 9.17) is 5.73 Å². The lowest BCUT2D eigenvalue weighted by molar-refractivity contribution is -0.126. The zero-order valence-corrected chi connectivity index (χ0v) is 13.5. The molecule has 1 saturated heterocycles. The molecule has 1 aliphatic rings. The zero-order chi connectivity index (χ0) is 16.5. The van der Waals surface area contributed by atoms with E-state index in [2.05, 4.69) is 10.6 Å². The number of rotatable bonds is 6. The summed E-state index contributed by atoms with van der Waals surface area (Å²) in [4.78, 5) is 26.2. The first-order chi connectivity index (χ1) is 11.2. The van der Waals surface area contributed by atoms with Crippen LogP contribution in [0.25, 0.3) is 0 Å². The monoisotopic (exact) mass is 318 g/mol. The number of likely N-dealkylation sites (tertiary alicyclic amines) is 1. The summed E-state index contributed by atoms with van der Waals surface area (Å²) in [7, 11) is 0. The SMILES string of the molecule is NCCCCNC(=O)C1CCCN(C(=O)Nc2ccccc2)C1. The highest BCUT2D eigenvalue weighted by molar-refractivity contribution is 5.90. The second-order valence-corrected chi connectivity index (χ2v) is 5.87. The Kier molecular flexibility index (Phi) is 6.87. The Hall–Kier alpha value is -2.08. The number of carbonyl (C=O) groups is 2. The molecule has 23 heavy (non-hydrogen) atoms. The predicted molar refractivity (Wildman–Crippen MR) is 91.1 cm³/mol. The summed E-state index contributed by atoms with van der Waals surface area (Å²) in [5.74, 6) is -0.0811. The van der Waals surface area contributed by atoms with Crippen LogP contribution in [0.1, 0.15) is 25.7 Å². The summed E-state index contributed by atoms with van der Waals surface area (Å²) in [6.45, 7) is 2.46. The van der Waals surface area contributed by atoms with E-state index < -0.39 is 0 Å². The molecule has 1 aromatic rings. The van der Waals surface area contributed by atoms with E-state index in [1.54, 1.807) is 4.90 Å². The molecule has 0 spiro atoms. The van der Waals surface area contributed by atoms with E-state index in [-0.39, 0.29) is 17.9 Å². The number of carbonyl (C=O) groups excluding carboxylic acids is 2. The summed E-state index contributed by atoms with van der Waals surface area (Å²) in [5, 5.41) is 5.82. The molecule has 1 unspecified atom stereocenters. The molecule has 0 aromatic heterocycles. The fraction of sp³-hybridized carbons (Fsp3) is 0.529. The molecule has 0 aliphatic carbocycles. The van der Waals surface area contributed by atoms with Crippen molar-refractivity contribution >= 4 is 17.6 Å². The number of nitrogens with one attached hydrogen (secondary N) is 2. The largest absolute Gasteiger partial charge is 0.356 e. The lowest BCUT2D eigenvalue weighted by Gasteiger charge is -2.32. The quantitative estimate of drug-likeness (QED) is 0.699. The van der Waals surface area contributed by atoms with Crippen LogP contribution in [-0.2, 0) is 4.79 Å². The molecule has 0 saturated carbocycles. The molecule has 126 valence electrons. The van der Waals surface area contributed by atoms with Gasteiger partial charge < -0.3 is 21.3 Å². The average Bonchev–Trinajstić information content (AvgIpc) is 2.59. The first-order valence-electron chi connectivity index (χ1n) is 8.29.